The van der Waals surface area contributed by atoms with Crippen molar-refractivity contribution in [3.63, 3.8) is 0 Å². The molecule has 1 aliphatic rings. The van der Waals surface area contributed by atoms with E-state index in [1.165, 1.54) is 0 Å². The van der Waals surface area contributed by atoms with Crippen LogP contribution in [-0.2, 0) is 20.2 Å². The summed E-state index contributed by atoms with van der Waals surface area (Å²) in [6.07, 6.45) is 0.935. The Bertz CT molecular complexity index is 1270. The van der Waals surface area contributed by atoms with Gasteiger partial charge >= 0.3 is 7.75 Å². The first-order valence-electron chi connectivity index (χ1n) is 9.96. The summed E-state index contributed by atoms with van der Waals surface area (Å²) in [5, 5.41) is 17.8. The van der Waals surface area contributed by atoms with E-state index >= 15 is 0 Å². The summed E-state index contributed by atoms with van der Waals surface area (Å²) in [4.78, 5) is 4.01. The van der Waals surface area contributed by atoms with Crippen LogP contribution in [0.25, 0.3) is 0 Å². The summed E-state index contributed by atoms with van der Waals surface area (Å²) in [5.74, 6) is 0.0154. The fraction of sp³-hybridized carbons (Fsp3) is 0.286. The number of rotatable bonds is 5. The van der Waals surface area contributed by atoms with Crippen LogP contribution in [-0.4, -0.2) is 21.1 Å². The van der Waals surface area contributed by atoms with E-state index < -0.39 is 19.3 Å². The Morgan fingerprint density at radius 1 is 1.33 bits per heavy atom. The Hall–Kier alpha value is -2.60. The van der Waals surface area contributed by atoms with Crippen LogP contribution < -0.4 is 11.1 Å². The lowest BCUT2D eigenvalue weighted by molar-refractivity contribution is -0.0303. The maximum Gasteiger partial charge on any atom is 0.457 e. The molecule has 4 rings (SSSR count). The van der Waals surface area contributed by atoms with Crippen molar-refractivity contribution in [2.45, 2.75) is 26.5 Å². The largest absolute Gasteiger partial charge is 0.457 e. The van der Waals surface area contributed by atoms with Gasteiger partial charge in [0.15, 0.2) is 11.6 Å². The maximum absolute atomic E-state index is 13.8. The van der Waals surface area contributed by atoms with E-state index in [1.54, 1.807) is 30.5 Å². The number of nitrogens with two attached hydrogens (primary N) is 1. The Balaban J connectivity index is 1.66. The number of nitriles is 1. The van der Waals surface area contributed by atoms with Crippen molar-refractivity contribution in [1.29, 1.82) is 5.26 Å². The van der Waals surface area contributed by atoms with Gasteiger partial charge in [-0.2, -0.15) is 5.26 Å². The second-order valence-electron chi connectivity index (χ2n) is 8.19. The van der Waals surface area contributed by atoms with Crippen LogP contribution in [0.15, 0.2) is 42.6 Å². The van der Waals surface area contributed by atoms with E-state index in [1.807, 2.05) is 32.0 Å². The minimum absolute atomic E-state index is 0.0264. The number of aromatic nitrogens is 3. The average Bonchev–Trinajstić information content (AvgIpc) is 3.12. The van der Waals surface area contributed by atoms with Crippen molar-refractivity contribution in [1.82, 2.24) is 14.5 Å². The van der Waals surface area contributed by atoms with E-state index in [9.17, 15) is 9.83 Å². The van der Waals surface area contributed by atoms with Gasteiger partial charge in [0.25, 0.3) is 0 Å². The van der Waals surface area contributed by atoms with Gasteiger partial charge in [-0.25, -0.2) is 9.55 Å². The van der Waals surface area contributed by atoms with Gasteiger partial charge in [0.05, 0.1) is 6.61 Å². The molecular weight excluding hydrogens is 486 g/mol. The smallest absolute Gasteiger partial charge is 0.382 e. The van der Waals surface area contributed by atoms with Crippen molar-refractivity contribution in [3.8, 4) is 6.07 Å². The SMILES string of the molecule is CC1(C)CO[P@@](=O)(n2nc(NCc3ccc(Cl)nc3)c(C#N)c2N)O[C@H]1c1ccccc1Cl. The molecule has 2 atom stereocenters. The number of hydrogen-bond acceptors (Lipinski definition) is 8. The molecule has 0 radical (unpaired) electrons. The monoisotopic (exact) mass is 506 g/mol. The number of nitrogens with zero attached hydrogens (tertiary/aromatic N) is 4. The van der Waals surface area contributed by atoms with Crippen LogP contribution in [0.2, 0.25) is 10.2 Å². The number of anilines is 2. The number of hydrogen-bond donors (Lipinski definition) is 2. The molecule has 0 unspecified atom stereocenters. The van der Waals surface area contributed by atoms with Crippen molar-refractivity contribution in [2.75, 3.05) is 17.7 Å². The van der Waals surface area contributed by atoms with Crippen molar-refractivity contribution in [2.24, 2.45) is 5.41 Å². The molecule has 12 heteroatoms. The molecule has 172 valence electrons. The minimum atomic E-state index is -4.05. The van der Waals surface area contributed by atoms with Gasteiger partial charge in [0.1, 0.15) is 22.9 Å². The minimum Gasteiger partial charge on any atom is -0.382 e. The molecule has 1 fully saturated rings. The van der Waals surface area contributed by atoms with Gasteiger partial charge in [0, 0.05) is 28.7 Å². The Labute approximate surface area is 201 Å². The summed E-state index contributed by atoms with van der Waals surface area (Å²) in [5.41, 5.74) is 7.11. The lowest BCUT2D eigenvalue weighted by Gasteiger charge is -2.41. The molecule has 3 aromatic rings. The van der Waals surface area contributed by atoms with E-state index in [2.05, 4.69) is 15.4 Å². The molecule has 0 spiro atoms. The second kappa shape index (κ2) is 8.98. The fourth-order valence-corrected chi connectivity index (χ4v) is 5.76. The highest BCUT2D eigenvalue weighted by molar-refractivity contribution is 7.52. The molecule has 0 saturated carbocycles. The van der Waals surface area contributed by atoms with Gasteiger partial charge in [0.2, 0.25) is 0 Å². The first-order chi connectivity index (χ1) is 15.6. The predicted molar refractivity (Wildman–Crippen MR) is 126 cm³/mol. The standard InChI is InChI=1S/C21H21Cl2N6O3P/c1-21(2)12-31-33(30,32-18(21)14-5-3-4-6-16(14)22)29-19(25)15(9-24)20(28-29)27-11-13-7-8-17(23)26-10-13/h3-8,10,18H,11-12,25H2,1-2H3,(H,27,28)/t18-,33-/m0/s1. The van der Waals surface area contributed by atoms with Crippen LogP contribution >= 0.6 is 30.9 Å². The average molecular weight is 507 g/mol. The highest BCUT2D eigenvalue weighted by Gasteiger charge is 2.48. The number of pyridine rings is 1. The molecule has 0 amide bonds. The summed E-state index contributed by atoms with van der Waals surface area (Å²) in [6, 6.07) is 12.6. The van der Waals surface area contributed by atoms with Gasteiger partial charge in [-0.1, -0.05) is 61.3 Å². The van der Waals surface area contributed by atoms with Crippen molar-refractivity contribution < 1.29 is 13.6 Å². The van der Waals surface area contributed by atoms with Crippen LogP contribution in [0.5, 0.6) is 0 Å². The van der Waals surface area contributed by atoms with Crippen LogP contribution in [0.4, 0.5) is 11.6 Å². The fourth-order valence-electron chi connectivity index (χ4n) is 3.43. The molecule has 33 heavy (non-hydrogen) atoms. The van der Waals surface area contributed by atoms with Crippen molar-refractivity contribution in [3.05, 3.63) is 69.5 Å². The zero-order chi connectivity index (χ0) is 23.8. The van der Waals surface area contributed by atoms with Gasteiger partial charge < -0.3 is 11.1 Å². The van der Waals surface area contributed by atoms with Gasteiger partial charge in [-0.3, -0.25) is 9.05 Å². The predicted octanol–water partition coefficient (Wildman–Crippen LogP) is 5.42. The van der Waals surface area contributed by atoms with Gasteiger partial charge in [-0.15, -0.1) is 9.55 Å². The first-order valence-corrected chi connectivity index (χ1v) is 12.2. The number of halogens is 2. The molecule has 3 N–H and O–H groups in total. The highest BCUT2D eigenvalue weighted by atomic mass is 35.5. The Morgan fingerprint density at radius 2 is 2.09 bits per heavy atom. The number of nitrogen functional groups attached to an aromatic ring is 1. The summed E-state index contributed by atoms with van der Waals surface area (Å²) in [7, 11) is -4.05. The molecule has 1 aromatic carbocycles. The maximum atomic E-state index is 13.8. The molecule has 3 heterocycles. The zero-order valence-corrected chi connectivity index (χ0v) is 20.2. The normalized spacial score (nSPS) is 22.0. The van der Waals surface area contributed by atoms with Crippen LogP contribution in [0.1, 0.15) is 36.6 Å². The third kappa shape index (κ3) is 4.58. The highest BCUT2D eigenvalue weighted by Crippen LogP contribution is 2.62. The Kier molecular flexibility index (Phi) is 6.41. The lowest BCUT2D eigenvalue weighted by Crippen LogP contribution is -2.35. The molecule has 0 aliphatic carbocycles. The van der Waals surface area contributed by atoms with Gasteiger partial charge in [-0.05, 0) is 17.7 Å². The van der Waals surface area contributed by atoms with Crippen molar-refractivity contribution >= 4 is 42.6 Å². The molecule has 1 saturated heterocycles. The molecule has 1 aliphatic heterocycles. The quantitative estimate of drug-likeness (QED) is 0.346. The molecule has 0 bridgehead atoms. The van der Waals surface area contributed by atoms with E-state index in [4.69, 9.17) is 38.0 Å². The summed E-state index contributed by atoms with van der Waals surface area (Å²) < 4.78 is 26.5. The number of benzene rings is 1. The number of nitrogens with one attached hydrogen (secondary N) is 1. The molecule has 9 nitrogen and oxygen atoms in total. The van der Waals surface area contributed by atoms with E-state index in [0.29, 0.717) is 15.7 Å². The third-order valence-corrected chi connectivity index (χ3v) is 7.50. The van der Waals surface area contributed by atoms with E-state index in [-0.39, 0.29) is 30.4 Å². The first kappa shape index (κ1) is 23.6. The molecule has 2 aromatic heterocycles. The Morgan fingerprint density at radius 3 is 2.76 bits per heavy atom. The van der Waals surface area contributed by atoms with E-state index in [0.717, 1.165) is 10.0 Å². The second-order valence-corrected chi connectivity index (χ2v) is 10.8. The summed E-state index contributed by atoms with van der Waals surface area (Å²) in [6.45, 7) is 4.23. The third-order valence-electron chi connectivity index (χ3n) is 5.23. The topological polar surface area (TPSA) is 128 Å². The summed E-state index contributed by atoms with van der Waals surface area (Å²) >= 11 is 12.2. The lowest BCUT2D eigenvalue weighted by atomic mass is 9.83. The van der Waals surface area contributed by atoms with Crippen LogP contribution in [0.3, 0.4) is 0 Å². The molecular formula is C21H21Cl2N6O3P. The zero-order valence-electron chi connectivity index (χ0n) is 17.8. The van der Waals surface area contributed by atoms with Crippen LogP contribution in [0, 0.1) is 16.7 Å².